The van der Waals surface area contributed by atoms with E-state index in [1.165, 1.54) is 0 Å². The van der Waals surface area contributed by atoms with Crippen LogP contribution in [0.2, 0.25) is 0 Å². The van der Waals surface area contributed by atoms with Crippen molar-refractivity contribution >= 4 is 6.03 Å². The zero-order valence-corrected chi connectivity index (χ0v) is 13.9. The van der Waals surface area contributed by atoms with Crippen LogP contribution in [0, 0.1) is 0 Å². The Labute approximate surface area is 137 Å². The number of benzene rings is 1. The van der Waals surface area contributed by atoms with Gasteiger partial charge in [0.1, 0.15) is 13.2 Å². The molecule has 6 nitrogen and oxygen atoms in total. The van der Waals surface area contributed by atoms with Crippen molar-refractivity contribution in [2.45, 2.75) is 19.4 Å². The number of fused-ring (bicyclic) bond motifs is 1. The lowest BCUT2D eigenvalue weighted by Gasteiger charge is -2.25. The third kappa shape index (κ3) is 3.88. The van der Waals surface area contributed by atoms with E-state index in [1.807, 2.05) is 30.0 Å². The summed E-state index contributed by atoms with van der Waals surface area (Å²) >= 11 is 0. The van der Waals surface area contributed by atoms with E-state index < -0.39 is 0 Å². The summed E-state index contributed by atoms with van der Waals surface area (Å²) in [6.45, 7) is 6.70. The highest BCUT2D eigenvalue weighted by molar-refractivity contribution is 5.74. The van der Waals surface area contributed by atoms with Crippen LogP contribution in [-0.4, -0.2) is 62.3 Å². The quantitative estimate of drug-likeness (QED) is 0.904. The topological polar surface area (TPSA) is 54.0 Å². The van der Waals surface area contributed by atoms with Gasteiger partial charge in [-0.2, -0.15) is 0 Å². The smallest absolute Gasteiger partial charge is 0.317 e. The number of hydrogen-bond donors (Lipinski definition) is 1. The van der Waals surface area contributed by atoms with Gasteiger partial charge in [0.15, 0.2) is 11.5 Å². The molecule has 0 aliphatic carbocycles. The highest BCUT2D eigenvalue weighted by atomic mass is 16.6. The largest absolute Gasteiger partial charge is 0.486 e. The Kier molecular flexibility index (Phi) is 4.91. The van der Waals surface area contributed by atoms with Gasteiger partial charge in [0, 0.05) is 19.6 Å². The molecule has 0 spiro atoms. The fraction of sp³-hybridized carbons (Fsp3) is 0.588. The van der Waals surface area contributed by atoms with Gasteiger partial charge in [0.25, 0.3) is 0 Å². The van der Waals surface area contributed by atoms with Crippen LogP contribution in [-0.2, 0) is 0 Å². The van der Waals surface area contributed by atoms with Gasteiger partial charge in [0.05, 0.1) is 6.04 Å². The predicted octanol–water partition coefficient (Wildman–Crippen LogP) is 1.87. The Bertz CT molecular complexity index is 564. The zero-order chi connectivity index (χ0) is 16.2. The molecule has 0 saturated carbocycles. The lowest BCUT2D eigenvalue weighted by Crippen LogP contribution is -2.42. The molecule has 2 heterocycles. The SMILES string of the molecule is C[C@@H](NC(=O)N1CCCN(C)CC1)c1ccc2c(c1)OCCO2. The molecule has 23 heavy (non-hydrogen) atoms. The van der Waals surface area contributed by atoms with Gasteiger partial charge < -0.3 is 24.6 Å². The maximum absolute atomic E-state index is 12.5. The Morgan fingerprint density at radius 2 is 1.91 bits per heavy atom. The van der Waals surface area contributed by atoms with E-state index >= 15 is 0 Å². The van der Waals surface area contributed by atoms with Crippen LogP contribution in [0.4, 0.5) is 4.79 Å². The summed E-state index contributed by atoms with van der Waals surface area (Å²) in [4.78, 5) is 16.6. The standard InChI is InChI=1S/C17H25N3O3/c1-13(14-4-5-15-16(12-14)23-11-10-22-15)18-17(21)20-7-3-6-19(2)8-9-20/h4-5,12-13H,3,6-11H2,1-2H3,(H,18,21)/t13-/m1/s1. The van der Waals surface area contributed by atoms with E-state index in [2.05, 4.69) is 17.3 Å². The average molecular weight is 319 g/mol. The minimum Gasteiger partial charge on any atom is -0.486 e. The first-order valence-corrected chi connectivity index (χ1v) is 8.27. The maximum Gasteiger partial charge on any atom is 0.317 e. The van der Waals surface area contributed by atoms with Crippen molar-refractivity contribution in [2.24, 2.45) is 0 Å². The third-order valence-electron chi connectivity index (χ3n) is 4.41. The third-order valence-corrected chi connectivity index (χ3v) is 4.41. The Morgan fingerprint density at radius 1 is 1.13 bits per heavy atom. The van der Waals surface area contributed by atoms with E-state index in [1.54, 1.807) is 0 Å². The van der Waals surface area contributed by atoms with E-state index in [0.29, 0.717) is 13.2 Å². The number of carbonyl (C=O) groups excluding carboxylic acids is 1. The molecule has 0 unspecified atom stereocenters. The van der Waals surface area contributed by atoms with Crippen LogP contribution in [0.5, 0.6) is 11.5 Å². The molecule has 2 aliphatic rings. The van der Waals surface area contributed by atoms with Crippen LogP contribution in [0.1, 0.15) is 24.9 Å². The molecule has 0 aromatic heterocycles. The summed E-state index contributed by atoms with van der Waals surface area (Å²) in [5.41, 5.74) is 1.02. The molecule has 3 rings (SSSR count). The van der Waals surface area contributed by atoms with E-state index in [9.17, 15) is 4.79 Å². The number of ether oxygens (including phenoxy) is 2. The summed E-state index contributed by atoms with van der Waals surface area (Å²) in [6.07, 6.45) is 1.02. The minimum absolute atomic E-state index is 0.00249. The summed E-state index contributed by atoms with van der Waals surface area (Å²) < 4.78 is 11.1. The first kappa shape index (κ1) is 15.9. The Balaban J connectivity index is 1.62. The number of nitrogens with zero attached hydrogens (tertiary/aromatic N) is 2. The van der Waals surface area contributed by atoms with Crippen LogP contribution >= 0.6 is 0 Å². The normalized spacial score (nSPS) is 19.8. The van der Waals surface area contributed by atoms with Gasteiger partial charge in [0.2, 0.25) is 0 Å². The molecule has 1 atom stereocenters. The van der Waals surface area contributed by atoms with Gasteiger partial charge in [-0.15, -0.1) is 0 Å². The molecule has 6 heteroatoms. The average Bonchev–Trinajstić information content (AvgIpc) is 2.79. The van der Waals surface area contributed by atoms with Crippen molar-refractivity contribution < 1.29 is 14.3 Å². The van der Waals surface area contributed by atoms with Crippen LogP contribution in [0.3, 0.4) is 0 Å². The van der Waals surface area contributed by atoms with Gasteiger partial charge >= 0.3 is 6.03 Å². The van der Waals surface area contributed by atoms with Gasteiger partial charge in [-0.3, -0.25) is 0 Å². The van der Waals surface area contributed by atoms with E-state index in [-0.39, 0.29) is 12.1 Å². The molecule has 1 N–H and O–H groups in total. The number of hydrogen-bond acceptors (Lipinski definition) is 4. The molecule has 2 aliphatic heterocycles. The van der Waals surface area contributed by atoms with Crippen molar-refractivity contribution in [3.63, 3.8) is 0 Å². The molecule has 1 fully saturated rings. The van der Waals surface area contributed by atoms with Crippen molar-refractivity contribution in [1.82, 2.24) is 15.1 Å². The monoisotopic (exact) mass is 319 g/mol. The fourth-order valence-corrected chi connectivity index (χ4v) is 2.94. The molecular formula is C17H25N3O3. The van der Waals surface area contributed by atoms with Gasteiger partial charge in [-0.05, 0) is 44.6 Å². The lowest BCUT2D eigenvalue weighted by molar-refractivity contribution is 0.171. The van der Waals surface area contributed by atoms with Crippen molar-refractivity contribution in [3.8, 4) is 11.5 Å². The molecule has 2 amide bonds. The first-order valence-electron chi connectivity index (χ1n) is 8.27. The van der Waals surface area contributed by atoms with Crippen molar-refractivity contribution in [1.29, 1.82) is 0 Å². The molecule has 1 aromatic carbocycles. The second kappa shape index (κ2) is 7.08. The predicted molar refractivity (Wildman–Crippen MR) is 88.1 cm³/mol. The highest BCUT2D eigenvalue weighted by Crippen LogP contribution is 2.32. The summed E-state index contributed by atoms with van der Waals surface area (Å²) in [7, 11) is 2.10. The van der Waals surface area contributed by atoms with Crippen LogP contribution in [0.15, 0.2) is 18.2 Å². The number of nitrogens with one attached hydrogen (secondary N) is 1. The van der Waals surface area contributed by atoms with E-state index in [4.69, 9.17) is 9.47 Å². The minimum atomic E-state index is -0.0701. The summed E-state index contributed by atoms with van der Waals surface area (Å²) in [5, 5.41) is 3.09. The lowest BCUT2D eigenvalue weighted by atomic mass is 10.1. The molecule has 1 aromatic rings. The zero-order valence-electron chi connectivity index (χ0n) is 13.9. The van der Waals surface area contributed by atoms with Gasteiger partial charge in [-0.1, -0.05) is 6.07 Å². The number of amides is 2. The summed E-state index contributed by atoms with van der Waals surface area (Å²) in [5.74, 6) is 1.53. The molecule has 126 valence electrons. The van der Waals surface area contributed by atoms with Crippen molar-refractivity contribution in [2.75, 3.05) is 46.4 Å². The van der Waals surface area contributed by atoms with Crippen LogP contribution < -0.4 is 14.8 Å². The molecular weight excluding hydrogens is 294 g/mol. The second-order valence-corrected chi connectivity index (χ2v) is 6.22. The van der Waals surface area contributed by atoms with Crippen molar-refractivity contribution in [3.05, 3.63) is 23.8 Å². The fourth-order valence-electron chi connectivity index (χ4n) is 2.94. The maximum atomic E-state index is 12.5. The van der Waals surface area contributed by atoms with E-state index in [0.717, 1.165) is 49.7 Å². The number of urea groups is 1. The first-order chi connectivity index (χ1) is 11.1. The van der Waals surface area contributed by atoms with Gasteiger partial charge in [-0.25, -0.2) is 4.79 Å². The molecule has 0 bridgehead atoms. The number of rotatable bonds is 2. The highest BCUT2D eigenvalue weighted by Gasteiger charge is 2.20. The van der Waals surface area contributed by atoms with Crippen LogP contribution in [0.25, 0.3) is 0 Å². The summed E-state index contributed by atoms with van der Waals surface area (Å²) in [6, 6.07) is 5.78. The second-order valence-electron chi connectivity index (χ2n) is 6.22. The molecule has 1 saturated heterocycles. The number of carbonyl (C=O) groups is 1. The molecule has 0 radical (unpaired) electrons. The number of likely N-dealkylation sites (N-methyl/N-ethyl adjacent to an activating group) is 1. The Morgan fingerprint density at radius 3 is 2.74 bits per heavy atom. The Hall–Kier alpha value is -1.95.